The van der Waals surface area contributed by atoms with Crippen molar-refractivity contribution in [1.29, 1.82) is 0 Å². The number of ether oxygens (including phenoxy) is 3. The van der Waals surface area contributed by atoms with Crippen molar-refractivity contribution in [3.8, 4) is 0 Å². The first-order valence-corrected chi connectivity index (χ1v) is 8.50. The van der Waals surface area contributed by atoms with Crippen LogP contribution >= 0.6 is 0 Å². The van der Waals surface area contributed by atoms with Crippen molar-refractivity contribution in [2.24, 2.45) is 0 Å². The van der Waals surface area contributed by atoms with Crippen molar-refractivity contribution in [3.63, 3.8) is 0 Å². The van der Waals surface area contributed by atoms with Crippen LogP contribution in [-0.4, -0.2) is 41.6 Å². The predicted octanol–water partition coefficient (Wildman–Crippen LogP) is 2.87. The molecule has 0 aromatic heterocycles. The van der Waals surface area contributed by atoms with Crippen molar-refractivity contribution in [2.45, 2.75) is 82.7 Å². The highest BCUT2D eigenvalue weighted by atomic mass is 16.8. The number of hydrogen-bond acceptors (Lipinski definition) is 6. The Labute approximate surface area is 136 Å². The maximum atomic E-state index is 11.8. The van der Waals surface area contributed by atoms with Gasteiger partial charge in [-0.1, -0.05) is 32.1 Å². The first-order chi connectivity index (χ1) is 11.1. The van der Waals surface area contributed by atoms with Crippen LogP contribution in [0.25, 0.3) is 0 Å². The average molecular weight is 326 g/mol. The normalized spacial score (nSPS) is 35.6. The number of rotatable bonds is 0. The predicted molar refractivity (Wildman–Crippen MR) is 82.8 cm³/mol. The number of aliphatic hydroxyl groups is 1. The van der Waals surface area contributed by atoms with Gasteiger partial charge in [0, 0.05) is 6.08 Å². The van der Waals surface area contributed by atoms with Crippen LogP contribution in [0.1, 0.15) is 58.3 Å². The molecule has 0 aliphatic carbocycles. The van der Waals surface area contributed by atoms with E-state index in [1.54, 1.807) is 0 Å². The van der Waals surface area contributed by atoms with Crippen molar-refractivity contribution >= 4 is 12.1 Å². The van der Waals surface area contributed by atoms with Crippen molar-refractivity contribution < 1.29 is 28.9 Å². The van der Waals surface area contributed by atoms with Gasteiger partial charge in [-0.15, -0.1) is 0 Å². The molecule has 6 heteroatoms. The molecule has 1 N–H and O–H groups in total. The summed E-state index contributed by atoms with van der Waals surface area (Å²) in [6.07, 6.45) is 7.15. The van der Waals surface area contributed by atoms with Crippen molar-refractivity contribution in [1.82, 2.24) is 0 Å². The first-order valence-electron chi connectivity index (χ1n) is 8.50. The van der Waals surface area contributed by atoms with E-state index >= 15 is 0 Å². The molecule has 2 rings (SSSR count). The van der Waals surface area contributed by atoms with Gasteiger partial charge < -0.3 is 19.3 Å². The lowest BCUT2D eigenvalue weighted by molar-refractivity contribution is -0.142. The molecular weight excluding hydrogens is 300 g/mol. The Kier molecular flexibility index (Phi) is 6.89. The molecule has 0 radical (unpaired) electrons. The summed E-state index contributed by atoms with van der Waals surface area (Å²) in [6.45, 7) is 1.88. The maximum absolute atomic E-state index is 11.8. The smallest absolute Gasteiger partial charge is 0.460 e. The second-order valence-electron chi connectivity index (χ2n) is 6.29. The van der Waals surface area contributed by atoms with Crippen LogP contribution in [0.2, 0.25) is 0 Å². The third-order valence-electron chi connectivity index (χ3n) is 4.27. The molecule has 1 fully saturated rings. The molecule has 2 heterocycles. The Morgan fingerprint density at radius 3 is 2.35 bits per heavy atom. The van der Waals surface area contributed by atoms with Crippen LogP contribution in [0.3, 0.4) is 0 Å². The molecule has 130 valence electrons. The SMILES string of the molecule is C[C@@H]1CCCCCCCC[C@H](O)[C@@H]2OC(=O)O[C@H]2/C=C\C(=O)O1. The molecule has 0 aromatic carbocycles. The molecular formula is C17H26O6. The van der Waals surface area contributed by atoms with Crippen LogP contribution in [0.4, 0.5) is 4.79 Å². The van der Waals surface area contributed by atoms with Crippen LogP contribution in [-0.2, 0) is 19.0 Å². The van der Waals surface area contributed by atoms with Gasteiger partial charge in [-0.05, 0) is 32.3 Å². The summed E-state index contributed by atoms with van der Waals surface area (Å²) in [5.41, 5.74) is 0. The van der Waals surface area contributed by atoms with E-state index in [0.717, 1.165) is 44.9 Å². The third kappa shape index (κ3) is 5.86. The molecule has 6 nitrogen and oxygen atoms in total. The zero-order valence-electron chi connectivity index (χ0n) is 13.6. The lowest BCUT2D eigenvalue weighted by Gasteiger charge is -2.19. The number of hydrogen-bond donors (Lipinski definition) is 1. The standard InChI is InChI=1S/C17H26O6/c1-12-8-6-4-2-3-5-7-9-13(18)16-14(22-17(20)23-16)10-11-15(19)21-12/h10-14,16,18H,2-9H2,1H3/b11-10-/t12-,13+,14+,16+/m1/s1. The number of esters is 1. The summed E-state index contributed by atoms with van der Waals surface area (Å²) < 4.78 is 15.3. The molecule has 23 heavy (non-hydrogen) atoms. The van der Waals surface area contributed by atoms with Crippen molar-refractivity contribution in [3.05, 3.63) is 12.2 Å². The number of cyclic esters (lactones) is 1. The van der Waals surface area contributed by atoms with Gasteiger partial charge in [-0.25, -0.2) is 9.59 Å². The van der Waals surface area contributed by atoms with Gasteiger partial charge in [0.25, 0.3) is 0 Å². The van der Waals surface area contributed by atoms with E-state index in [2.05, 4.69) is 0 Å². The number of fused-ring (bicyclic) bond motifs is 1. The van der Waals surface area contributed by atoms with Gasteiger partial charge in [-0.2, -0.15) is 0 Å². The fraction of sp³-hybridized carbons (Fsp3) is 0.765. The summed E-state index contributed by atoms with van der Waals surface area (Å²) in [6, 6.07) is 0. The van der Waals surface area contributed by atoms with Gasteiger partial charge in [0.2, 0.25) is 0 Å². The zero-order chi connectivity index (χ0) is 16.7. The molecule has 2 aliphatic heterocycles. The summed E-state index contributed by atoms with van der Waals surface area (Å²) >= 11 is 0. The lowest BCUT2D eigenvalue weighted by Crippen LogP contribution is -2.34. The summed E-state index contributed by atoms with van der Waals surface area (Å²) in [5.74, 6) is -0.471. The minimum absolute atomic E-state index is 0.135. The van der Waals surface area contributed by atoms with E-state index < -0.39 is 30.4 Å². The molecule has 0 aromatic rings. The van der Waals surface area contributed by atoms with E-state index in [1.165, 1.54) is 12.2 Å². The van der Waals surface area contributed by atoms with E-state index in [0.29, 0.717) is 6.42 Å². The highest BCUT2D eigenvalue weighted by Crippen LogP contribution is 2.23. The van der Waals surface area contributed by atoms with Crippen LogP contribution in [0.5, 0.6) is 0 Å². The highest BCUT2D eigenvalue weighted by Gasteiger charge is 2.39. The number of aliphatic hydroxyl groups excluding tert-OH is 1. The van der Waals surface area contributed by atoms with E-state index in [-0.39, 0.29) is 6.10 Å². The molecule has 1 saturated heterocycles. The first kappa shape index (κ1) is 17.8. The Morgan fingerprint density at radius 1 is 0.957 bits per heavy atom. The maximum Gasteiger partial charge on any atom is 0.509 e. The minimum atomic E-state index is -0.816. The van der Waals surface area contributed by atoms with Crippen LogP contribution in [0, 0.1) is 0 Å². The van der Waals surface area contributed by atoms with Gasteiger partial charge in [0.05, 0.1) is 12.2 Å². The molecule has 2 aliphatic rings. The Bertz CT molecular complexity index is 433. The number of carbonyl (C=O) groups excluding carboxylic acids is 2. The molecule has 4 atom stereocenters. The lowest BCUT2D eigenvalue weighted by atomic mass is 10.00. The molecule has 0 spiro atoms. The van der Waals surface area contributed by atoms with Gasteiger partial charge in [0.1, 0.15) is 0 Å². The van der Waals surface area contributed by atoms with E-state index in [1.807, 2.05) is 6.92 Å². The van der Waals surface area contributed by atoms with Crippen LogP contribution in [0.15, 0.2) is 12.2 Å². The fourth-order valence-corrected chi connectivity index (χ4v) is 2.96. The molecule has 0 saturated carbocycles. The molecule has 0 amide bonds. The largest absolute Gasteiger partial charge is 0.509 e. The second-order valence-corrected chi connectivity index (χ2v) is 6.29. The quantitative estimate of drug-likeness (QED) is 0.689. The average Bonchev–Trinajstić information content (AvgIpc) is 2.88. The Hall–Kier alpha value is -1.56. The van der Waals surface area contributed by atoms with E-state index in [4.69, 9.17) is 14.2 Å². The van der Waals surface area contributed by atoms with Crippen LogP contribution < -0.4 is 0 Å². The van der Waals surface area contributed by atoms with Crippen molar-refractivity contribution in [2.75, 3.05) is 0 Å². The van der Waals surface area contributed by atoms with Gasteiger partial charge in [-0.3, -0.25) is 0 Å². The minimum Gasteiger partial charge on any atom is -0.460 e. The second kappa shape index (κ2) is 8.91. The van der Waals surface area contributed by atoms with Gasteiger partial charge in [0.15, 0.2) is 12.2 Å². The number of carbonyl (C=O) groups is 2. The zero-order valence-corrected chi connectivity index (χ0v) is 13.6. The third-order valence-corrected chi connectivity index (χ3v) is 4.27. The summed E-state index contributed by atoms with van der Waals surface area (Å²) in [7, 11) is 0. The van der Waals surface area contributed by atoms with Gasteiger partial charge >= 0.3 is 12.1 Å². The summed E-state index contributed by atoms with van der Waals surface area (Å²) in [5, 5.41) is 10.2. The topological polar surface area (TPSA) is 82.1 Å². The highest BCUT2D eigenvalue weighted by molar-refractivity contribution is 5.82. The van der Waals surface area contributed by atoms with E-state index in [9.17, 15) is 14.7 Å². The summed E-state index contributed by atoms with van der Waals surface area (Å²) in [4.78, 5) is 23.1. The molecule has 0 bridgehead atoms. The Balaban J connectivity index is 2.01. The Morgan fingerprint density at radius 2 is 1.61 bits per heavy atom. The monoisotopic (exact) mass is 326 g/mol. The molecule has 0 unspecified atom stereocenters. The fourth-order valence-electron chi connectivity index (χ4n) is 2.96.